The van der Waals surface area contributed by atoms with E-state index in [0.29, 0.717) is 16.6 Å². The molecule has 27 heavy (non-hydrogen) atoms. The molecule has 0 aliphatic carbocycles. The quantitative estimate of drug-likeness (QED) is 0.284. The maximum Gasteiger partial charge on any atom is 0.200 e. The number of allylic oxidation sites excluding steroid dienone is 1. The number of carbonyl (C=O) groups excluding carboxylic acids is 1. The van der Waals surface area contributed by atoms with Crippen molar-refractivity contribution in [3.05, 3.63) is 95.8 Å². The number of H-pyrrole nitrogens is 1. The third-order valence-corrected chi connectivity index (χ3v) is 4.25. The molecule has 0 aliphatic rings. The number of nitrogens with one attached hydrogen (secondary N) is 1. The van der Waals surface area contributed by atoms with Gasteiger partial charge in [0.1, 0.15) is 22.9 Å². The minimum atomic E-state index is -0.365. The molecule has 132 valence electrons. The van der Waals surface area contributed by atoms with Crippen LogP contribution in [0.5, 0.6) is 5.75 Å². The van der Waals surface area contributed by atoms with Gasteiger partial charge in [0.2, 0.25) is 5.78 Å². The topological polar surface area (TPSA) is 86.2 Å². The minimum Gasteiger partial charge on any atom is -0.508 e. The van der Waals surface area contributed by atoms with Crippen LogP contribution in [0.2, 0.25) is 0 Å². The van der Waals surface area contributed by atoms with Gasteiger partial charge in [-0.25, -0.2) is 4.98 Å². The van der Waals surface area contributed by atoms with Crippen molar-refractivity contribution < 1.29 is 15.0 Å². The molecule has 0 bridgehead atoms. The van der Waals surface area contributed by atoms with Crippen molar-refractivity contribution in [2.75, 3.05) is 0 Å². The van der Waals surface area contributed by atoms with Crippen LogP contribution in [-0.4, -0.2) is 26.0 Å². The Morgan fingerprint density at radius 1 is 0.852 bits per heavy atom. The van der Waals surface area contributed by atoms with Crippen LogP contribution in [0.4, 0.5) is 0 Å². The number of aromatic amines is 1. The number of phenolic OH excluding ortho intramolecular Hbond substituents is 1. The van der Waals surface area contributed by atoms with E-state index in [9.17, 15) is 15.0 Å². The van der Waals surface area contributed by atoms with Gasteiger partial charge in [-0.05, 0) is 24.3 Å². The SMILES string of the molecule is O=C(C(=C(O)c1cccc(O)c1)c1nc2ccccc2[nH]1)c1ccccc1. The molecule has 0 aliphatic heterocycles. The van der Waals surface area contributed by atoms with Crippen LogP contribution in [0.1, 0.15) is 21.7 Å². The number of aromatic hydroxyl groups is 1. The number of aliphatic hydroxyl groups excluding tert-OH is 1. The van der Waals surface area contributed by atoms with Crippen LogP contribution in [0.15, 0.2) is 78.9 Å². The number of rotatable bonds is 4. The zero-order chi connectivity index (χ0) is 18.8. The molecule has 5 heteroatoms. The van der Waals surface area contributed by atoms with Gasteiger partial charge < -0.3 is 15.2 Å². The van der Waals surface area contributed by atoms with E-state index in [4.69, 9.17) is 0 Å². The number of hydrogen-bond donors (Lipinski definition) is 3. The molecule has 0 spiro atoms. The molecule has 0 atom stereocenters. The van der Waals surface area contributed by atoms with E-state index in [0.717, 1.165) is 5.52 Å². The fourth-order valence-corrected chi connectivity index (χ4v) is 2.93. The van der Waals surface area contributed by atoms with Gasteiger partial charge in [-0.3, -0.25) is 4.79 Å². The minimum absolute atomic E-state index is 0.00448. The lowest BCUT2D eigenvalue weighted by Gasteiger charge is -2.09. The Labute approximate surface area is 155 Å². The van der Waals surface area contributed by atoms with E-state index in [-0.39, 0.29) is 28.7 Å². The van der Waals surface area contributed by atoms with Gasteiger partial charge >= 0.3 is 0 Å². The molecule has 3 aromatic carbocycles. The molecule has 0 saturated carbocycles. The summed E-state index contributed by atoms with van der Waals surface area (Å²) in [6.45, 7) is 0. The van der Waals surface area contributed by atoms with Crippen molar-refractivity contribution in [1.29, 1.82) is 0 Å². The van der Waals surface area contributed by atoms with Crippen molar-refractivity contribution in [2.45, 2.75) is 0 Å². The van der Waals surface area contributed by atoms with Crippen molar-refractivity contribution in [2.24, 2.45) is 0 Å². The molecule has 1 heterocycles. The second-order valence-electron chi connectivity index (χ2n) is 6.07. The highest BCUT2D eigenvalue weighted by Crippen LogP contribution is 2.29. The van der Waals surface area contributed by atoms with Gasteiger partial charge in [0.15, 0.2) is 0 Å². The van der Waals surface area contributed by atoms with Gasteiger partial charge in [0.05, 0.1) is 11.0 Å². The van der Waals surface area contributed by atoms with Crippen molar-refractivity contribution in [1.82, 2.24) is 9.97 Å². The summed E-state index contributed by atoms with van der Waals surface area (Å²) in [6.07, 6.45) is 0. The number of fused-ring (bicyclic) bond motifs is 1. The third-order valence-electron chi connectivity index (χ3n) is 4.25. The highest BCUT2D eigenvalue weighted by Gasteiger charge is 2.23. The number of aliphatic hydroxyl groups is 1. The first-order valence-electron chi connectivity index (χ1n) is 8.41. The molecular weight excluding hydrogens is 340 g/mol. The zero-order valence-corrected chi connectivity index (χ0v) is 14.3. The number of carbonyl (C=O) groups is 1. The fraction of sp³-hybridized carbons (Fsp3) is 0. The highest BCUT2D eigenvalue weighted by atomic mass is 16.3. The lowest BCUT2D eigenvalue weighted by atomic mass is 9.98. The summed E-state index contributed by atoms with van der Waals surface area (Å²) in [7, 11) is 0. The van der Waals surface area contributed by atoms with Crippen LogP contribution in [0, 0.1) is 0 Å². The molecule has 4 rings (SSSR count). The number of hydrogen-bond acceptors (Lipinski definition) is 4. The van der Waals surface area contributed by atoms with Crippen molar-refractivity contribution >= 4 is 28.1 Å². The van der Waals surface area contributed by atoms with Gasteiger partial charge in [0, 0.05) is 11.1 Å². The first-order chi connectivity index (χ1) is 13.1. The number of imidazole rings is 1. The van der Waals surface area contributed by atoms with E-state index in [1.807, 2.05) is 30.3 Å². The highest BCUT2D eigenvalue weighted by molar-refractivity contribution is 6.33. The molecule has 0 radical (unpaired) electrons. The summed E-state index contributed by atoms with van der Waals surface area (Å²) in [4.78, 5) is 20.8. The summed E-state index contributed by atoms with van der Waals surface area (Å²) in [5.41, 5.74) is 2.25. The lowest BCUT2D eigenvalue weighted by molar-refractivity contribution is 0.105. The van der Waals surface area contributed by atoms with E-state index < -0.39 is 0 Å². The molecular formula is C22H16N2O3. The third kappa shape index (κ3) is 3.18. The maximum absolute atomic E-state index is 13.2. The summed E-state index contributed by atoms with van der Waals surface area (Å²) in [6, 6.07) is 22.2. The normalized spacial score (nSPS) is 12.0. The maximum atomic E-state index is 13.2. The number of aromatic nitrogens is 2. The van der Waals surface area contributed by atoms with Crippen LogP contribution < -0.4 is 0 Å². The largest absolute Gasteiger partial charge is 0.508 e. The Balaban J connectivity index is 1.94. The van der Waals surface area contributed by atoms with Gasteiger partial charge in [-0.2, -0.15) is 0 Å². The molecule has 0 amide bonds. The summed E-state index contributed by atoms with van der Waals surface area (Å²) in [5.74, 6) is -0.352. The van der Waals surface area contributed by atoms with Gasteiger partial charge in [-0.15, -0.1) is 0 Å². The van der Waals surface area contributed by atoms with Gasteiger partial charge in [-0.1, -0.05) is 54.6 Å². The fourth-order valence-electron chi connectivity index (χ4n) is 2.93. The van der Waals surface area contributed by atoms with Crippen molar-refractivity contribution in [3.8, 4) is 5.75 Å². The molecule has 0 fully saturated rings. The Morgan fingerprint density at radius 3 is 2.30 bits per heavy atom. The molecule has 4 aromatic rings. The monoisotopic (exact) mass is 356 g/mol. The number of nitrogens with zero attached hydrogens (tertiary/aromatic N) is 1. The number of ketones is 1. The Bertz CT molecular complexity index is 1130. The summed E-state index contributed by atoms with van der Waals surface area (Å²) < 4.78 is 0. The predicted molar refractivity (Wildman–Crippen MR) is 104 cm³/mol. The average molecular weight is 356 g/mol. The number of benzene rings is 3. The van der Waals surface area contributed by atoms with Crippen LogP contribution in [0.3, 0.4) is 0 Å². The lowest BCUT2D eigenvalue weighted by Crippen LogP contribution is -2.07. The molecule has 0 saturated heterocycles. The van der Waals surface area contributed by atoms with Crippen molar-refractivity contribution in [3.63, 3.8) is 0 Å². The van der Waals surface area contributed by atoms with E-state index >= 15 is 0 Å². The summed E-state index contributed by atoms with van der Waals surface area (Å²) in [5, 5.41) is 20.6. The Kier molecular flexibility index (Phi) is 4.18. The standard InChI is InChI=1S/C22H16N2O3/c25-16-10-6-9-15(13-16)21(27)19(20(26)14-7-2-1-3-8-14)22-23-17-11-4-5-12-18(17)24-22/h1-13,25,27H,(H,23,24). The molecule has 5 nitrogen and oxygen atoms in total. The van der Waals surface area contributed by atoms with E-state index in [1.54, 1.807) is 36.4 Å². The number of Topliss-reactive ketones (excluding diaryl/α,β-unsaturated/α-hetero) is 1. The van der Waals surface area contributed by atoms with Crippen LogP contribution in [0.25, 0.3) is 22.4 Å². The second-order valence-corrected chi connectivity index (χ2v) is 6.07. The van der Waals surface area contributed by atoms with E-state index in [1.165, 1.54) is 12.1 Å². The molecule has 1 aromatic heterocycles. The molecule has 3 N–H and O–H groups in total. The van der Waals surface area contributed by atoms with E-state index in [2.05, 4.69) is 9.97 Å². The van der Waals surface area contributed by atoms with Crippen LogP contribution in [-0.2, 0) is 0 Å². The second kappa shape index (κ2) is 6.80. The number of para-hydroxylation sites is 2. The van der Waals surface area contributed by atoms with Crippen LogP contribution >= 0.6 is 0 Å². The average Bonchev–Trinajstić information content (AvgIpc) is 3.12. The Morgan fingerprint density at radius 2 is 1.56 bits per heavy atom. The number of phenols is 1. The zero-order valence-electron chi connectivity index (χ0n) is 14.3. The van der Waals surface area contributed by atoms with Gasteiger partial charge in [0.25, 0.3) is 0 Å². The Hall–Kier alpha value is -3.86. The molecule has 0 unspecified atom stereocenters. The first kappa shape index (κ1) is 16.6. The summed E-state index contributed by atoms with van der Waals surface area (Å²) >= 11 is 0. The smallest absolute Gasteiger partial charge is 0.200 e. The first-order valence-corrected chi connectivity index (χ1v) is 8.41. The predicted octanol–water partition coefficient (Wildman–Crippen LogP) is 4.58.